The maximum absolute atomic E-state index is 12.9. The lowest BCUT2D eigenvalue weighted by Gasteiger charge is -2.42. The van der Waals surface area contributed by atoms with Gasteiger partial charge in [-0.15, -0.1) is 11.3 Å². The van der Waals surface area contributed by atoms with Crippen LogP contribution in [0.2, 0.25) is 0 Å². The average Bonchev–Trinajstić information content (AvgIpc) is 3.39. The smallest absolute Gasteiger partial charge is 0.263 e. The lowest BCUT2D eigenvalue weighted by molar-refractivity contribution is 0.0493. The molecule has 1 atom stereocenters. The molecule has 6 heteroatoms. The van der Waals surface area contributed by atoms with Crippen molar-refractivity contribution in [2.24, 2.45) is 0 Å². The van der Waals surface area contributed by atoms with E-state index in [1.54, 1.807) is 11.3 Å². The number of rotatable bonds is 4. The van der Waals surface area contributed by atoms with Gasteiger partial charge in [0.2, 0.25) is 0 Å². The first-order valence-electron chi connectivity index (χ1n) is 10.3. The van der Waals surface area contributed by atoms with Gasteiger partial charge >= 0.3 is 0 Å². The van der Waals surface area contributed by atoms with Gasteiger partial charge < -0.3 is 15.1 Å². The average molecular weight is 377 g/mol. The van der Waals surface area contributed by atoms with E-state index in [0.717, 1.165) is 37.4 Å². The van der Waals surface area contributed by atoms with Crippen LogP contribution < -0.4 is 5.32 Å². The van der Waals surface area contributed by atoms with Crippen molar-refractivity contribution in [1.29, 1.82) is 0 Å². The number of likely N-dealkylation sites (tertiary alicyclic amines) is 1. The number of carbonyl (C=O) groups excluding carboxylic acids is 1. The molecule has 1 amide bonds. The molecule has 0 radical (unpaired) electrons. The Balaban J connectivity index is 1.28. The minimum Gasteiger partial charge on any atom is -0.338 e. The second-order valence-corrected chi connectivity index (χ2v) is 8.96. The van der Waals surface area contributed by atoms with Crippen LogP contribution in [0.3, 0.4) is 0 Å². The Morgan fingerprint density at radius 1 is 1.12 bits per heavy atom. The highest BCUT2D eigenvalue weighted by atomic mass is 32.1. The van der Waals surface area contributed by atoms with Crippen LogP contribution in [0.25, 0.3) is 0 Å². The van der Waals surface area contributed by atoms with Crippen LogP contribution in [0.15, 0.2) is 12.1 Å². The van der Waals surface area contributed by atoms with Crippen LogP contribution in [0.4, 0.5) is 0 Å². The minimum atomic E-state index is 0.244. The van der Waals surface area contributed by atoms with Crippen molar-refractivity contribution >= 4 is 17.2 Å². The number of piperazine rings is 1. The number of amides is 1. The van der Waals surface area contributed by atoms with Gasteiger partial charge in [-0.1, -0.05) is 6.92 Å². The fraction of sp³-hybridized carbons (Fsp3) is 0.750. The van der Waals surface area contributed by atoms with E-state index in [1.807, 2.05) is 6.07 Å². The maximum atomic E-state index is 12.9. The zero-order valence-electron chi connectivity index (χ0n) is 16.0. The summed E-state index contributed by atoms with van der Waals surface area (Å²) in [5.74, 6) is 0.244. The summed E-state index contributed by atoms with van der Waals surface area (Å²) in [7, 11) is 0. The molecule has 1 aromatic rings. The van der Waals surface area contributed by atoms with Gasteiger partial charge in [0, 0.05) is 56.2 Å². The number of carbonyl (C=O) groups is 1. The van der Waals surface area contributed by atoms with Crippen molar-refractivity contribution in [3.8, 4) is 0 Å². The third-order valence-electron chi connectivity index (χ3n) is 6.36. The van der Waals surface area contributed by atoms with E-state index in [4.69, 9.17) is 0 Å². The highest BCUT2D eigenvalue weighted by Gasteiger charge is 2.30. The first kappa shape index (κ1) is 18.4. The third-order valence-corrected chi connectivity index (χ3v) is 7.55. The number of piperidine rings is 1. The maximum Gasteiger partial charge on any atom is 0.263 e. The Hall–Kier alpha value is -0.950. The van der Waals surface area contributed by atoms with E-state index in [9.17, 15) is 4.79 Å². The molecule has 144 valence electrons. The summed E-state index contributed by atoms with van der Waals surface area (Å²) >= 11 is 1.69. The normalized spacial score (nSPS) is 26.5. The number of hydrogen-bond acceptors (Lipinski definition) is 5. The molecule has 26 heavy (non-hydrogen) atoms. The molecule has 4 rings (SSSR count). The summed E-state index contributed by atoms with van der Waals surface area (Å²) in [6, 6.07) is 5.33. The van der Waals surface area contributed by atoms with Crippen molar-refractivity contribution in [1.82, 2.24) is 20.0 Å². The predicted octanol–water partition coefficient (Wildman–Crippen LogP) is 2.41. The molecule has 1 aromatic heterocycles. The van der Waals surface area contributed by atoms with E-state index >= 15 is 0 Å². The van der Waals surface area contributed by atoms with Gasteiger partial charge in [-0.05, 0) is 50.9 Å². The van der Waals surface area contributed by atoms with Gasteiger partial charge in [0.05, 0.1) is 4.88 Å². The van der Waals surface area contributed by atoms with E-state index in [1.165, 1.54) is 50.4 Å². The van der Waals surface area contributed by atoms with Gasteiger partial charge in [0.15, 0.2) is 0 Å². The van der Waals surface area contributed by atoms with Crippen molar-refractivity contribution in [3.05, 3.63) is 21.9 Å². The van der Waals surface area contributed by atoms with Crippen molar-refractivity contribution in [3.63, 3.8) is 0 Å². The monoisotopic (exact) mass is 376 g/mol. The fourth-order valence-electron chi connectivity index (χ4n) is 4.62. The Labute approximate surface area is 161 Å². The van der Waals surface area contributed by atoms with Crippen molar-refractivity contribution in [2.45, 2.75) is 44.7 Å². The molecule has 0 unspecified atom stereocenters. The number of hydrogen-bond donors (Lipinski definition) is 1. The molecule has 3 saturated heterocycles. The number of nitrogens with one attached hydrogen (secondary N) is 1. The molecule has 0 aliphatic carbocycles. The van der Waals surface area contributed by atoms with Crippen LogP contribution in [0.5, 0.6) is 0 Å². The molecule has 0 aromatic carbocycles. The van der Waals surface area contributed by atoms with Gasteiger partial charge in [0.25, 0.3) is 5.91 Å². The van der Waals surface area contributed by atoms with Crippen molar-refractivity contribution < 1.29 is 4.79 Å². The molecule has 3 fully saturated rings. The molecule has 0 bridgehead atoms. The van der Waals surface area contributed by atoms with Crippen molar-refractivity contribution in [2.75, 3.05) is 52.4 Å². The lowest BCUT2D eigenvalue weighted by Crippen LogP contribution is -2.53. The van der Waals surface area contributed by atoms with Gasteiger partial charge in [-0.25, -0.2) is 0 Å². The quantitative estimate of drug-likeness (QED) is 0.876. The van der Waals surface area contributed by atoms with Crippen LogP contribution in [-0.4, -0.2) is 79.0 Å². The fourth-order valence-corrected chi connectivity index (χ4v) is 5.70. The first-order chi connectivity index (χ1) is 12.7. The molecule has 3 aliphatic heterocycles. The molecular weight excluding hydrogens is 344 g/mol. The summed E-state index contributed by atoms with van der Waals surface area (Å²) in [5, 5.41) is 3.53. The van der Waals surface area contributed by atoms with Gasteiger partial charge in [-0.2, -0.15) is 0 Å². The van der Waals surface area contributed by atoms with Crippen LogP contribution in [0.1, 0.15) is 53.2 Å². The third kappa shape index (κ3) is 3.98. The topological polar surface area (TPSA) is 38.8 Å². The van der Waals surface area contributed by atoms with E-state index in [0.29, 0.717) is 12.1 Å². The summed E-state index contributed by atoms with van der Waals surface area (Å²) in [4.78, 5) is 22.4. The Morgan fingerprint density at radius 3 is 2.54 bits per heavy atom. The number of likely N-dealkylation sites (N-methyl/N-ethyl adjacent to an activating group) is 1. The summed E-state index contributed by atoms with van der Waals surface area (Å²) in [6.45, 7) is 11.1. The van der Waals surface area contributed by atoms with Gasteiger partial charge in [0.1, 0.15) is 0 Å². The molecule has 5 nitrogen and oxygen atoms in total. The van der Waals surface area contributed by atoms with Crippen LogP contribution in [-0.2, 0) is 0 Å². The summed E-state index contributed by atoms with van der Waals surface area (Å²) < 4.78 is 0. The molecule has 4 heterocycles. The predicted molar refractivity (Wildman–Crippen MR) is 107 cm³/mol. The second kappa shape index (κ2) is 8.38. The highest BCUT2D eigenvalue weighted by molar-refractivity contribution is 7.14. The first-order valence-corrected chi connectivity index (χ1v) is 11.1. The molecule has 3 aliphatic rings. The molecule has 0 saturated carbocycles. The summed E-state index contributed by atoms with van der Waals surface area (Å²) in [5.41, 5.74) is 0. The SMILES string of the molecule is CCN1CCN(C2CCN(C(=O)c3ccc([C@H]4CCCN4)s3)CC2)CC1. The van der Waals surface area contributed by atoms with E-state index < -0.39 is 0 Å². The standard InChI is InChI=1S/C20H32N4OS/c1-2-22-12-14-23(15-13-22)16-7-10-24(11-8-16)20(25)19-6-5-18(26-19)17-4-3-9-21-17/h5-6,16-17,21H,2-4,7-15H2,1H3/t17-/m1/s1. The van der Waals surface area contributed by atoms with Gasteiger partial charge in [-0.3, -0.25) is 9.69 Å². The zero-order chi connectivity index (χ0) is 17.9. The summed E-state index contributed by atoms with van der Waals surface area (Å²) in [6.07, 6.45) is 4.69. The van der Waals surface area contributed by atoms with E-state index in [2.05, 4.69) is 33.0 Å². The molecule has 0 spiro atoms. The Bertz CT molecular complexity index is 597. The largest absolute Gasteiger partial charge is 0.338 e. The zero-order valence-corrected chi connectivity index (χ0v) is 16.8. The second-order valence-electron chi connectivity index (χ2n) is 7.84. The number of thiophene rings is 1. The lowest BCUT2D eigenvalue weighted by atomic mass is 10.0. The highest BCUT2D eigenvalue weighted by Crippen LogP contribution is 2.30. The van der Waals surface area contributed by atoms with Crippen LogP contribution >= 0.6 is 11.3 Å². The number of nitrogens with zero attached hydrogens (tertiary/aromatic N) is 3. The van der Waals surface area contributed by atoms with E-state index in [-0.39, 0.29) is 5.91 Å². The Kier molecular flexibility index (Phi) is 5.93. The molecular formula is C20H32N4OS. The Morgan fingerprint density at radius 2 is 1.88 bits per heavy atom. The van der Waals surface area contributed by atoms with Crippen LogP contribution in [0, 0.1) is 0 Å². The molecule has 1 N–H and O–H groups in total. The minimum absolute atomic E-state index is 0.244.